The molecule has 43 heavy (non-hydrogen) atoms. The number of fused-ring (bicyclic) bond motifs is 1. The third kappa shape index (κ3) is 8.37. The van der Waals surface area contributed by atoms with Gasteiger partial charge >= 0.3 is 5.97 Å². The summed E-state index contributed by atoms with van der Waals surface area (Å²) in [5.74, 6) is 0.661. The molecule has 0 saturated heterocycles. The van der Waals surface area contributed by atoms with Gasteiger partial charge in [0.05, 0.1) is 0 Å². The number of nitrogens with one attached hydrogen (secondary N) is 1. The lowest BCUT2D eigenvalue weighted by Crippen LogP contribution is -2.35. The molecule has 0 aliphatic carbocycles. The molecule has 4 aromatic carbocycles. The topological polar surface area (TPSA) is 97.1 Å². The lowest BCUT2D eigenvalue weighted by molar-refractivity contribution is -0.138. The Morgan fingerprint density at radius 3 is 2.19 bits per heavy atom. The van der Waals surface area contributed by atoms with Gasteiger partial charge in [-0.15, -0.1) is 0 Å². The average molecular weight is 580 g/mol. The van der Waals surface area contributed by atoms with Gasteiger partial charge in [-0.25, -0.2) is 0 Å². The first-order valence-electron chi connectivity index (χ1n) is 14.9. The van der Waals surface area contributed by atoms with Crippen LogP contribution in [0.5, 0.6) is 11.5 Å². The average Bonchev–Trinajstić information content (AvgIpc) is 3.45. The second kappa shape index (κ2) is 14.2. The Balaban J connectivity index is 1.38. The molecule has 0 amide bonds. The van der Waals surface area contributed by atoms with Crippen molar-refractivity contribution in [3.63, 3.8) is 0 Å². The Labute approximate surface area is 254 Å². The minimum Gasteiger partial charge on any atom is -0.489 e. The molecule has 7 nitrogen and oxygen atoms in total. The summed E-state index contributed by atoms with van der Waals surface area (Å²) >= 11 is 0. The molecule has 1 heterocycles. The maximum atomic E-state index is 11.6. The Kier molecular flexibility index (Phi) is 9.97. The van der Waals surface area contributed by atoms with E-state index in [2.05, 4.69) is 78.7 Å². The molecule has 1 aliphatic rings. The number of hydrogen-bond donors (Lipinski definition) is 3. The van der Waals surface area contributed by atoms with Crippen molar-refractivity contribution in [3.05, 3.63) is 124 Å². The maximum Gasteiger partial charge on any atom is 0.320 e. The van der Waals surface area contributed by atoms with Gasteiger partial charge in [0.2, 0.25) is 0 Å². The number of carbonyl (C=O) groups is 1. The molecule has 1 atom stereocenters. The summed E-state index contributed by atoms with van der Waals surface area (Å²) in [4.78, 5) is 13.8. The smallest absolute Gasteiger partial charge is 0.320 e. The van der Waals surface area contributed by atoms with Crippen molar-refractivity contribution >= 4 is 11.7 Å². The fraction of sp³-hybridized carbons (Fsp3) is 0.306. The minimum atomic E-state index is -0.995. The highest BCUT2D eigenvalue weighted by atomic mass is 16.5. The van der Waals surface area contributed by atoms with Crippen molar-refractivity contribution in [2.24, 2.45) is 5.73 Å². The van der Waals surface area contributed by atoms with Gasteiger partial charge in [0.1, 0.15) is 30.8 Å². The monoisotopic (exact) mass is 579 g/mol. The second-order valence-electron chi connectivity index (χ2n) is 11.4. The molecule has 0 fully saturated rings. The second-order valence-corrected chi connectivity index (χ2v) is 11.4. The largest absolute Gasteiger partial charge is 0.489 e. The molecule has 0 unspecified atom stereocenters. The molecule has 224 valence electrons. The van der Waals surface area contributed by atoms with E-state index in [0.29, 0.717) is 39.3 Å². The number of anilines is 1. The summed E-state index contributed by atoms with van der Waals surface area (Å²) in [7, 11) is 0. The Morgan fingerprint density at radius 2 is 1.51 bits per heavy atom. The van der Waals surface area contributed by atoms with Gasteiger partial charge in [0.25, 0.3) is 0 Å². The third-order valence-electron chi connectivity index (χ3n) is 7.78. The van der Waals surface area contributed by atoms with Gasteiger partial charge in [-0.2, -0.15) is 0 Å². The number of ether oxygens (including phenoxy) is 2. The van der Waals surface area contributed by atoms with Crippen LogP contribution < -0.4 is 20.5 Å². The highest BCUT2D eigenvalue weighted by Crippen LogP contribution is 2.33. The number of nitrogens with zero attached hydrogens (tertiary/aromatic N) is 1. The fourth-order valence-corrected chi connectivity index (χ4v) is 5.47. The lowest BCUT2D eigenvalue weighted by atomic mass is 10.1. The first kappa shape index (κ1) is 30.1. The normalized spacial score (nSPS) is 12.9. The minimum absolute atomic E-state index is 0.324. The zero-order valence-corrected chi connectivity index (χ0v) is 25.0. The number of hydrogen-bond acceptors (Lipinski definition) is 6. The van der Waals surface area contributed by atoms with Crippen LogP contribution in [-0.4, -0.2) is 35.1 Å². The Bertz CT molecular complexity index is 1550. The van der Waals surface area contributed by atoms with E-state index >= 15 is 0 Å². The van der Waals surface area contributed by atoms with Crippen LogP contribution in [0.3, 0.4) is 0 Å². The highest BCUT2D eigenvalue weighted by molar-refractivity contribution is 5.73. The Hall–Kier alpha value is -4.33. The van der Waals surface area contributed by atoms with Gasteiger partial charge in [-0.3, -0.25) is 9.69 Å². The number of aliphatic carboxylic acids is 1. The van der Waals surface area contributed by atoms with Crippen LogP contribution in [0.1, 0.15) is 45.4 Å². The molecule has 5 rings (SSSR count). The van der Waals surface area contributed by atoms with Gasteiger partial charge in [-0.1, -0.05) is 77.9 Å². The summed E-state index contributed by atoms with van der Waals surface area (Å²) in [6.07, 6.45) is 1.28. The van der Waals surface area contributed by atoms with E-state index < -0.39 is 12.0 Å². The van der Waals surface area contributed by atoms with Crippen LogP contribution in [-0.2, 0) is 37.5 Å². The van der Waals surface area contributed by atoms with E-state index in [1.54, 1.807) is 0 Å². The van der Waals surface area contributed by atoms with Crippen molar-refractivity contribution in [2.75, 3.05) is 18.4 Å². The summed E-state index contributed by atoms with van der Waals surface area (Å²) in [6, 6.07) is 28.1. The highest BCUT2D eigenvalue weighted by Gasteiger charge is 2.20. The molecule has 0 spiro atoms. The lowest BCUT2D eigenvalue weighted by Gasteiger charge is -2.26. The first-order chi connectivity index (χ1) is 20.8. The summed E-state index contributed by atoms with van der Waals surface area (Å²) < 4.78 is 12.7. The quantitative estimate of drug-likeness (QED) is 0.163. The number of aryl methyl sites for hydroxylation is 2. The molecular weight excluding hydrogens is 538 g/mol. The number of para-hydroxylation sites is 1. The molecule has 0 saturated carbocycles. The zero-order valence-electron chi connectivity index (χ0n) is 25.0. The third-order valence-corrected chi connectivity index (χ3v) is 7.78. The summed E-state index contributed by atoms with van der Waals surface area (Å²) in [5, 5.41) is 13.0. The number of rotatable bonds is 14. The van der Waals surface area contributed by atoms with Crippen molar-refractivity contribution < 1.29 is 19.4 Å². The van der Waals surface area contributed by atoms with Crippen molar-refractivity contribution in [1.82, 2.24) is 4.90 Å². The predicted octanol–water partition coefficient (Wildman–Crippen LogP) is 6.23. The van der Waals surface area contributed by atoms with Gasteiger partial charge in [-0.05, 0) is 61.6 Å². The van der Waals surface area contributed by atoms with E-state index in [4.69, 9.17) is 15.2 Å². The maximum absolute atomic E-state index is 11.6. The molecule has 0 aromatic heterocycles. The van der Waals surface area contributed by atoms with Crippen LogP contribution in [0, 0.1) is 13.8 Å². The van der Waals surface area contributed by atoms with Gasteiger partial charge in [0.15, 0.2) is 0 Å². The standard InChI is InChI=1S/C36H41N3O4/c1-25-7-5-9-27(17-25)23-42-34-12-4-3-11-30(34)21-39(16-14-32(37)36(40)41)22-31-19-33-29(13-15-38-33)20-35(31)43-24-28-10-6-8-26(2)18-28/h3-12,17-20,32,38H,13-16,21-24,37H2,1-2H3,(H,40,41)/t32-/m0/s1. The molecule has 7 heteroatoms. The number of nitrogens with two attached hydrogens (primary N) is 1. The van der Waals surface area contributed by atoms with E-state index in [-0.39, 0.29) is 0 Å². The number of carboxylic acids is 1. The molecule has 1 aliphatic heterocycles. The molecule has 4 aromatic rings. The van der Waals surface area contributed by atoms with Gasteiger partial charge < -0.3 is 25.6 Å². The predicted molar refractivity (Wildman–Crippen MR) is 170 cm³/mol. The first-order valence-corrected chi connectivity index (χ1v) is 14.9. The summed E-state index contributed by atoms with van der Waals surface area (Å²) in [6.45, 7) is 7.63. The van der Waals surface area contributed by atoms with Crippen molar-refractivity contribution in [1.29, 1.82) is 0 Å². The summed E-state index contributed by atoms with van der Waals surface area (Å²) in [5.41, 5.74) is 15.0. The van der Waals surface area contributed by atoms with E-state index in [1.807, 2.05) is 30.3 Å². The van der Waals surface area contributed by atoms with E-state index in [0.717, 1.165) is 52.4 Å². The fourth-order valence-electron chi connectivity index (χ4n) is 5.47. The van der Waals surface area contributed by atoms with Crippen LogP contribution in [0.2, 0.25) is 0 Å². The number of carboxylic acid groups (broad SMARTS) is 1. The van der Waals surface area contributed by atoms with E-state index in [1.165, 1.54) is 16.7 Å². The Morgan fingerprint density at radius 1 is 0.860 bits per heavy atom. The van der Waals surface area contributed by atoms with Crippen LogP contribution >= 0.6 is 0 Å². The molecule has 4 N–H and O–H groups in total. The van der Waals surface area contributed by atoms with Crippen molar-refractivity contribution in [3.8, 4) is 11.5 Å². The molecule has 0 bridgehead atoms. The zero-order chi connectivity index (χ0) is 30.2. The van der Waals surface area contributed by atoms with Crippen LogP contribution in [0.4, 0.5) is 5.69 Å². The molecular formula is C36H41N3O4. The SMILES string of the molecule is Cc1cccc(COc2ccccc2CN(CC[C@H](N)C(=O)O)Cc2cc3c(cc2OCc2cccc(C)c2)CCN3)c1. The van der Waals surface area contributed by atoms with Crippen LogP contribution in [0.25, 0.3) is 0 Å². The van der Waals surface area contributed by atoms with Crippen LogP contribution in [0.15, 0.2) is 84.9 Å². The molecule has 0 radical (unpaired) electrons. The number of benzene rings is 4. The van der Waals surface area contributed by atoms with Crippen molar-refractivity contribution in [2.45, 2.75) is 59.0 Å². The van der Waals surface area contributed by atoms with Gasteiger partial charge in [0, 0.05) is 43.0 Å². The van der Waals surface area contributed by atoms with E-state index in [9.17, 15) is 9.90 Å².